The molecule has 2 aromatic rings. The average molecular weight is 242 g/mol. The van der Waals surface area contributed by atoms with Crippen molar-refractivity contribution in [1.29, 1.82) is 0 Å². The molecule has 5 heteroatoms. The van der Waals surface area contributed by atoms with Crippen molar-refractivity contribution in [1.82, 2.24) is 20.4 Å². The molecule has 0 unspecified atom stereocenters. The summed E-state index contributed by atoms with van der Waals surface area (Å²) in [5.74, 6) is -0.0660. The van der Waals surface area contributed by atoms with Crippen LogP contribution in [0.4, 0.5) is 0 Å². The monoisotopic (exact) mass is 242 g/mol. The van der Waals surface area contributed by atoms with E-state index in [0.717, 1.165) is 18.8 Å². The van der Waals surface area contributed by atoms with E-state index < -0.39 is 0 Å². The molecule has 0 saturated carbocycles. The van der Waals surface area contributed by atoms with Crippen molar-refractivity contribution in [2.45, 2.75) is 6.04 Å². The van der Waals surface area contributed by atoms with Crippen molar-refractivity contribution >= 4 is 5.91 Å². The molecule has 1 amide bonds. The molecule has 1 saturated heterocycles. The van der Waals surface area contributed by atoms with Crippen molar-refractivity contribution in [2.24, 2.45) is 0 Å². The lowest BCUT2D eigenvalue weighted by atomic mass is 10.1. The van der Waals surface area contributed by atoms with Crippen molar-refractivity contribution in [3.8, 4) is 5.69 Å². The fraction of sp³-hybridized carbons (Fsp3) is 0.231. The second-order valence-corrected chi connectivity index (χ2v) is 4.34. The van der Waals surface area contributed by atoms with E-state index in [1.165, 1.54) is 0 Å². The van der Waals surface area contributed by atoms with Crippen LogP contribution in [0, 0.1) is 0 Å². The molecule has 1 fully saturated rings. The standard InChI is InChI=1S/C13H14N4O/c18-13(16-11-7-14-8-11)10-6-15-17(9-10)12-4-2-1-3-5-12/h1-6,9,11,14H,7-8H2,(H,16,18). The molecule has 0 aliphatic carbocycles. The largest absolute Gasteiger partial charge is 0.347 e. The number of para-hydroxylation sites is 1. The fourth-order valence-electron chi connectivity index (χ4n) is 1.82. The molecule has 0 radical (unpaired) electrons. The molecule has 1 aliphatic rings. The first kappa shape index (κ1) is 11.0. The Morgan fingerprint density at radius 3 is 2.78 bits per heavy atom. The summed E-state index contributed by atoms with van der Waals surface area (Å²) in [6.07, 6.45) is 3.34. The van der Waals surface area contributed by atoms with E-state index in [2.05, 4.69) is 15.7 Å². The Morgan fingerprint density at radius 1 is 1.33 bits per heavy atom. The second-order valence-electron chi connectivity index (χ2n) is 4.34. The highest BCUT2D eigenvalue weighted by atomic mass is 16.1. The summed E-state index contributed by atoms with van der Waals surface area (Å²) in [5.41, 5.74) is 1.53. The minimum absolute atomic E-state index is 0.0660. The molecule has 2 N–H and O–H groups in total. The zero-order chi connectivity index (χ0) is 12.4. The number of rotatable bonds is 3. The third kappa shape index (κ3) is 2.12. The lowest BCUT2D eigenvalue weighted by molar-refractivity contribution is 0.0924. The number of amides is 1. The van der Waals surface area contributed by atoms with Crippen molar-refractivity contribution in [3.63, 3.8) is 0 Å². The van der Waals surface area contributed by atoms with Crippen LogP contribution in [0.25, 0.3) is 5.69 Å². The van der Waals surface area contributed by atoms with Gasteiger partial charge < -0.3 is 10.6 Å². The number of hydrogen-bond donors (Lipinski definition) is 2. The Morgan fingerprint density at radius 2 is 2.11 bits per heavy atom. The molecule has 1 aliphatic heterocycles. The minimum Gasteiger partial charge on any atom is -0.347 e. The summed E-state index contributed by atoms with van der Waals surface area (Å²) in [6, 6.07) is 9.98. The maximum atomic E-state index is 11.9. The van der Waals surface area contributed by atoms with Crippen LogP contribution in [0.15, 0.2) is 42.7 Å². The minimum atomic E-state index is -0.0660. The van der Waals surface area contributed by atoms with E-state index in [4.69, 9.17) is 0 Å². The van der Waals surface area contributed by atoms with Crippen molar-refractivity contribution in [2.75, 3.05) is 13.1 Å². The highest BCUT2D eigenvalue weighted by Crippen LogP contribution is 2.08. The van der Waals surface area contributed by atoms with Gasteiger partial charge in [-0.3, -0.25) is 4.79 Å². The third-order valence-electron chi connectivity index (χ3n) is 2.98. The van der Waals surface area contributed by atoms with Crippen LogP contribution >= 0.6 is 0 Å². The highest BCUT2D eigenvalue weighted by Gasteiger charge is 2.20. The van der Waals surface area contributed by atoms with Crippen LogP contribution in [-0.4, -0.2) is 34.8 Å². The molecule has 0 bridgehead atoms. The first-order chi connectivity index (χ1) is 8.83. The number of aromatic nitrogens is 2. The van der Waals surface area contributed by atoms with E-state index in [0.29, 0.717) is 5.56 Å². The number of nitrogens with one attached hydrogen (secondary N) is 2. The first-order valence-electron chi connectivity index (χ1n) is 5.94. The van der Waals surface area contributed by atoms with Crippen LogP contribution in [0.5, 0.6) is 0 Å². The van der Waals surface area contributed by atoms with Gasteiger partial charge in [-0.25, -0.2) is 4.68 Å². The Hall–Kier alpha value is -2.14. The molecule has 1 aromatic heterocycles. The Labute approximate surface area is 105 Å². The van der Waals surface area contributed by atoms with Crippen molar-refractivity contribution in [3.05, 3.63) is 48.3 Å². The first-order valence-corrected chi connectivity index (χ1v) is 5.94. The van der Waals surface area contributed by atoms with Gasteiger partial charge in [0.1, 0.15) is 0 Å². The van der Waals surface area contributed by atoms with E-state index >= 15 is 0 Å². The molecule has 92 valence electrons. The van der Waals surface area contributed by atoms with Gasteiger partial charge in [-0.05, 0) is 12.1 Å². The normalized spacial score (nSPS) is 15.1. The maximum Gasteiger partial charge on any atom is 0.254 e. The predicted molar refractivity (Wildman–Crippen MR) is 67.7 cm³/mol. The lowest BCUT2D eigenvalue weighted by Crippen LogP contribution is -2.56. The zero-order valence-corrected chi connectivity index (χ0v) is 9.84. The number of hydrogen-bond acceptors (Lipinski definition) is 3. The molecule has 3 rings (SSSR count). The number of carbonyl (C=O) groups is 1. The smallest absolute Gasteiger partial charge is 0.254 e. The Kier molecular flexibility index (Phi) is 2.82. The van der Waals surface area contributed by atoms with Gasteiger partial charge >= 0.3 is 0 Å². The summed E-state index contributed by atoms with van der Waals surface area (Å²) in [7, 11) is 0. The maximum absolute atomic E-state index is 11.9. The van der Waals surface area contributed by atoms with E-state index in [9.17, 15) is 4.79 Å². The molecular weight excluding hydrogens is 228 g/mol. The van der Waals surface area contributed by atoms with Crippen LogP contribution in [0.1, 0.15) is 10.4 Å². The average Bonchev–Trinajstić information content (AvgIpc) is 2.84. The van der Waals surface area contributed by atoms with Crippen LogP contribution in [0.2, 0.25) is 0 Å². The van der Waals surface area contributed by atoms with E-state index in [1.807, 2.05) is 30.3 Å². The summed E-state index contributed by atoms with van der Waals surface area (Å²) < 4.78 is 1.70. The fourth-order valence-corrected chi connectivity index (χ4v) is 1.82. The summed E-state index contributed by atoms with van der Waals surface area (Å²) in [6.45, 7) is 1.69. The number of carbonyl (C=O) groups excluding carboxylic acids is 1. The quantitative estimate of drug-likeness (QED) is 0.827. The molecule has 1 aromatic carbocycles. The van der Waals surface area contributed by atoms with Gasteiger partial charge in [0.2, 0.25) is 0 Å². The van der Waals surface area contributed by atoms with Gasteiger partial charge in [0.05, 0.1) is 23.5 Å². The number of benzene rings is 1. The summed E-state index contributed by atoms with van der Waals surface area (Å²) in [5, 5.41) is 10.3. The van der Waals surface area contributed by atoms with Crippen LogP contribution < -0.4 is 10.6 Å². The second kappa shape index (κ2) is 4.62. The summed E-state index contributed by atoms with van der Waals surface area (Å²) in [4.78, 5) is 11.9. The Balaban J connectivity index is 1.74. The van der Waals surface area contributed by atoms with Crippen molar-refractivity contribution < 1.29 is 4.79 Å². The predicted octanol–water partition coefficient (Wildman–Crippen LogP) is 0.574. The Bertz CT molecular complexity index is 545. The molecule has 0 atom stereocenters. The van der Waals surface area contributed by atoms with Crippen LogP contribution in [0.3, 0.4) is 0 Å². The van der Waals surface area contributed by atoms with Gasteiger partial charge in [0.25, 0.3) is 5.91 Å². The van der Waals surface area contributed by atoms with Gasteiger partial charge in [0.15, 0.2) is 0 Å². The zero-order valence-electron chi connectivity index (χ0n) is 9.84. The number of nitrogens with zero attached hydrogens (tertiary/aromatic N) is 2. The molecule has 18 heavy (non-hydrogen) atoms. The highest BCUT2D eigenvalue weighted by molar-refractivity contribution is 5.94. The lowest BCUT2D eigenvalue weighted by Gasteiger charge is -2.27. The molecule has 5 nitrogen and oxygen atoms in total. The summed E-state index contributed by atoms with van der Waals surface area (Å²) >= 11 is 0. The van der Waals surface area contributed by atoms with Gasteiger partial charge in [-0.15, -0.1) is 0 Å². The topological polar surface area (TPSA) is 59.0 Å². The van der Waals surface area contributed by atoms with E-state index in [-0.39, 0.29) is 11.9 Å². The van der Waals surface area contributed by atoms with Gasteiger partial charge in [-0.1, -0.05) is 18.2 Å². The van der Waals surface area contributed by atoms with Gasteiger partial charge in [0, 0.05) is 19.3 Å². The molecule has 0 spiro atoms. The van der Waals surface area contributed by atoms with Crippen LogP contribution in [-0.2, 0) is 0 Å². The SMILES string of the molecule is O=C(NC1CNC1)c1cnn(-c2ccccc2)c1. The molecule has 2 heterocycles. The third-order valence-corrected chi connectivity index (χ3v) is 2.98. The van der Waals surface area contributed by atoms with Gasteiger partial charge in [-0.2, -0.15) is 5.10 Å². The molecular formula is C13H14N4O. The van der Waals surface area contributed by atoms with E-state index in [1.54, 1.807) is 17.1 Å².